The number of hydrogen-bond donors (Lipinski definition) is 1. The minimum absolute atomic E-state index is 0.401. The summed E-state index contributed by atoms with van der Waals surface area (Å²) < 4.78 is 26.7. The Bertz CT molecular complexity index is 468. The fourth-order valence-corrected chi connectivity index (χ4v) is 2.13. The van der Waals surface area contributed by atoms with Crippen LogP contribution in [-0.2, 0) is 23.1 Å². The largest absolute Gasteiger partial charge is 0.383 e. The molecule has 2 rings (SSSR count). The first-order valence-electron chi connectivity index (χ1n) is 4.76. The highest BCUT2D eigenvalue weighted by Crippen LogP contribution is 2.21. The van der Waals surface area contributed by atoms with E-state index >= 15 is 0 Å². The van der Waals surface area contributed by atoms with Crippen LogP contribution >= 0.6 is 0 Å². The molecule has 0 amide bonds. The van der Waals surface area contributed by atoms with E-state index in [1.54, 1.807) is 12.1 Å². The maximum absolute atomic E-state index is 10.9. The Kier molecular flexibility index (Phi) is 2.67. The van der Waals surface area contributed by atoms with Crippen LogP contribution in [0.3, 0.4) is 0 Å². The summed E-state index contributed by atoms with van der Waals surface area (Å²) in [6.45, 7) is 1.77. The van der Waals surface area contributed by atoms with Gasteiger partial charge >= 0.3 is 10.1 Å². The molecule has 1 aliphatic rings. The minimum atomic E-state index is -3.42. The molecule has 0 atom stereocenters. The summed E-state index contributed by atoms with van der Waals surface area (Å²) in [5.41, 5.74) is 2.37. The van der Waals surface area contributed by atoms with Gasteiger partial charge in [0.15, 0.2) is 0 Å². The number of benzene rings is 1. The molecule has 4 nitrogen and oxygen atoms in total. The van der Waals surface area contributed by atoms with E-state index in [9.17, 15) is 8.42 Å². The molecule has 1 aliphatic heterocycles. The summed E-state index contributed by atoms with van der Waals surface area (Å²) in [5, 5.41) is 3.25. The molecule has 0 aliphatic carbocycles. The van der Waals surface area contributed by atoms with Crippen molar-refractivity contribution in [3.8, 4) is 5.75 Å². The van der Waals surface area contributed by atoms with Crippen LogP contribution in [0.5, 0.6) is 5.75 Å². The zero-order valence-electron chi connectivity index (χ0n) is 8.49. The van der Waals surface area contributed by atoms with Crippen LogP contribution in [-0.4, -0.2) is 21.2 Å². The summed E-state index contributed by atoms with van der Waals surface area (Å²) in [5.74, 6) is 0.401. The number of nitrogens with one attached hydrogen (secondary N) is 1. The van der Waals surface area contributed by atoms with Crippen molar-refractivity contribution in [2.45, 2.75) is 13.0 Å². The maximum atomic E-state index is 10.9. The average molecular weight is 227 g/mol. The van der Waals surface area contributed by atoms with Crippen LogP contribution in [0.4, 0.5) is 0 Å². The first-order valence-corrected chi connectivity index (χ1v) is 6.58. The zero-order valence-corrected chi connectivity index (χ0v) is 9.30. The molecule has 0 saturated carbocycles. The van der Waals surface area contributed by atoms with Gasteiger partial charge in [0, 0.05) is 6.54 Å². The number of hydrogen-bond acceptors (Lipinski definition) is 4. The number of rotatable bonds is 2. The predicted octanol–water partition coefficient (Wildman–Crippen LogP) is 0.671. The summed E-state index contributed by atoms with van der Waals surface area (Å²) in [6, 6.07) is 5.39. The molecule has 5 heteroatoms. The third-order valence-corrected chi connectivity index (χ3v) is 2.81. The Labute approximate surface area is 89.4 Å². The molecule has 15 heavy (non-hydrogen) atoms. The molecule has 0 aromatic heterocycles. The highest BCUT2D eigenvalue weighted by atomic mass is 32.2. The summed E-state index contributed by atoms with van der Waals surface area (Å²) >= 11 is 0. The van der Waals surface area contributed by atoms with Crippen molar-refractivity contribution in [2.75, 3.05) is 12.8 Å². The van der Waals surface area contributed by atoms with E-state index < -0.39 is 10.1 Å². The molecule has 0 bridgehead atoms. The molecule has 1 aromatic rings. The van der Waals surface area contributed by atoms with E-state index in [2.05, 4.69) is 5.32 Å². The van der Waals surface area contributed by atoms with Gasteiger partial charge in [0.25, 0.3) is 0 Å². The van der Waals surface area contributed by atoms with Gasteiger partial charge in [-0.15, -0.1) is 0 Å². The van der Waals surface area contributed by atoms with Gasteiger partial charge in [-0.1, -0.05) is 6.07 Å². The van der Waals surface area contributed by atoms with Crippen LogP contribution in [0.2, 0.25) is 0 Å². The Morgan fingerprint density at radius 2 is 2.13 bits per heavy atom. The lowest BCUT2D eigenvalue weighted by Crippen LogP contribution is -2.23. The first-order chi connectivity index (χ1) is 7.04. The topological polar surface area (TPSA) is 55.4 Å². The number of fused-ring (bicyclic) bond motifs is 1. The van der Waals surface area contributed by atoms with E-state index in [0.29, 0.717) is 5.75 Å². The smallest absolute Gasteiger partial charge is 0.306 e. The predicted molar refractivity (Wildman–Crippen MR) is 57.3 cm³/mol. The molecule has 0 saturated heterocycles. The molecule has 0 fully saturated rings. The van der Waals surface area contributed by atoms with Gasteiger partial charge in [-0.2, -0.15) is 8.42 Å². The van der Waals surface area contributed by atoms with Crippen LogP contribution in [0.1, 0.15) is 11.1 Å². The van der Waals surface area contributed by atoms with Gasteiger partial charge in [0.1, 0.15) is 5.75 Å². The quantitative estimate of drug-likeness (QED) is 0.754. The second-order valence-electron chi connectivity index (χ2n) is 3.64. The van der Waals surface area contributed by atoms with Crippen LogP contribution in [0.25, 0.3) is 0 Å². The zero-order chi connectivity index (χ0) is 10.9. The maximum Gasteiger partial charge on any atom is 0.306 e. The fourth-order valence-electron chi connectivity index (χ4n) is 1.68. The Morgan fingerprint density at radius 1 is 1.33 bits per heavy atom. The van der Waals surface area contributed by atoms with E-state index in [1.807, 2.05) is 6.07 Å². The van der Waals surface area contributed by atoms with Crippen molar-refractivity contribution in [3.63, 3.8) is 0 Å². The van der Waals surface area contributed by atoms with Crippen molar-refractivity contribution >= 4 is 10.1 Å². The SMILES string of the molecule is CS(=O)(=O)Oc1ccc2c(c1)CCNC2. The van der Waals surface area contributed by atoms with Crippen molar-refractivity contribution in [2.24, 2.45) is 0 Å². The molecule has 1 heterocycles. The summed E-state index contributed by atoms with van der Waals surface area (Å²) in [6.07, 6.45) is 1.96. The van der Waals surface area contributed by atoms with Gasteiger partial charge < -0.3 is 9.50 Å². The second-order valence-corrected chi connectivity index (χ2v) is 5.22. The Morgan fingerprint density at radius 3 is 2.87 bits per heavy atom. The van der Waals surface area contributed by atoms with Crippen molar-refractivity contribution in [1.29, 1.82) is 0 Å². The molecular weight excluding hydrogens is 214 g/mol. The van der Waals surface area contributed by atoms with Crippen molar-refractivity contribution in [1.82, 2.24) is 5.32 Å². The molecule has 1 aromatic carbocycles. The van der Waals surface area contributed by atoms with E-state index in [1.165, 1.54) is 5.56 Å². The van der Waals surface area contributed by atoms with E-state index in [4.69, 9.17) is 4.18 Å². The third-order valence-electron chi connectivity index (χ3n) is 2.31. The third kappa shape index (κ3) is 2.70. The van der Waals surface area contributed by atoms with Gasteiger partial charge in [-0.05, 0) is 36.2 Å². The summed E-state index contributed by atoms with van der Waals surface area (Å²) in [4.78, 5) is 0. The van der Waals surface area contributed by atoms with Gasteiger partial charge in [0.05, 0.1) is 6.26 Å². The van der Waals surface area contributed by atoms with Crippen molar-refractivity contribution < 1.29 is 12.6 Å². The highest BCUT2D eigenvalue weighted by Gasteiger charge is 2.11. The Balaban J connectivity index is 2.28. The highest BCUT2D eigenvalue weighted by molar-refractivity contribution is 7.86. The average Bonchev–Trinajstić information content (AvgIpc) is 2.15. The lowest BCUT2D eigenvalue weighted by molar-refractivity contribution is 0.492. The molecule has 1 N–H and O–H groups in total. The Hall–Kier alpha value is -1.07. The molecule has 0 unspecified atom stereocenters. The minimum Gasteiger partial charge on any atom is -0.383 e. The monoisotopic (exact) mass is 227 g/mol. The van der Waals surface area contributed by atoms with Crippen LogP contribution in [0.15, 0.2) is 18.2 Å². The van der Waals surface area contributed by atoms with Gasteiger partial charge in [0.2, 0.25) is 0 Å². The summed E-state index contributed by atoms with van der Waals surface area (Å²) in [7, 11) is -3.42. The lowest BCUT2D eigenvalue weighted by atomic mass is 10.0. The first kappa shape index (κ1) is 10.4. The van der Waals surface area contributed by atoms with Crippen LogP contribution in [0, 0.1) is 0 Å². The van der Waals surface area contributed by atoms with Crippen LogP contribution < -0.4 is 9.50 Å². The standard InChI is InChI=1S/C10H13NO3S/c1-15(12,13)14-10-3-2-9-7-11-5-4-8(9)6-10/h2-3,6,11H,4-5,7H2,1H3. The van der Waals surface area contributed by atoms with Gasteiger partial charge in [-0.3, -0.25) is 0 Å². The van der Waals surface area contributed by atoms with E-state index in [0.717, 1.165) is 31.3 Å². The molecule has 82 valence electrons. The molecule has 0 spiro atoms. The van der Waals surface area contributed by atoms with Crippen molar-refractivity contribution in [3.05, 3.63) is 29.3 Å². The van der Waals surface area contributed by atoms with Gasteiger partial charge in [-0.25, -0.2) is 0 Å². The fraction of sp³-hybridized carbons (Fsp3) is 0.400. The lowest BCUT2D eigenvalue weighted by Gasteiger charge is -2.17. The normalized spacial score (nSPS) is 15.8. The van der Waals surface area contributed by atoms with E-state index in [-0.39, 0.29) is 0 Å². The molecular formula is C10H13NO3S. The second kappa shape index (κ2) is 3.83. The molecule has 0 radical (unpaired) electrons.